The zero-order chi connectivity index (χ0) is 13.8. The summed E-state index contributed by atoms with van der Waals surface area (Å²) in [6.45, 7) is 4.29. The highest BCUT2D eigenvalue weighted by Crippen LogP contribution is 2.22. The van der Waals surface area contributed by atoms with Crippen LogP contribution < -0.4 is 10.5 Å². The monoisotopic (exact) mass is 261 g/mol. The molecule has 1 aromatic carbocycles. The molecule has 0 amide bonds. The number of rotatable bonds is 4. The molecule has 2 rings (SSSR count). The highest BCUT2D eigenvalue weighted by Gasteiger charge is 2.10. The highest BCUT2D eigenvalue weighted by atomic mass is 19.1. The molecule has 0 aliphatic rings. The normalized spacial score (nSPS) is 10.5. The Hall–Kier alpha value is -2.17. The minimum absolute atomic E-state index is 0.131. The van der Waals surface area contributed by atoms with E-state index in [9.17, 15) is 4.39 Å². The molecule has 5 heteroatoms. The number of aromatic nitrogens is 2. The van der Waals surface area contributed by atoms with Crippen molar-refractivity contribution in [2.24, 2.45) is 0 Å². The summed E-state index contributed by atoms with van der Waals surface area (Å²) in [6.07, 6.45) is 0.957. The SMILES string of the molecule is CCCOc1ccc(-c2nc(C)c(F)c(N)n2)cc1. The maximum Gasteiger partial charge on any atom is 0.186 e. The summed E-state index contributed by atoms with van der Waals surface area (Å²) in [5, 5.41) is 0. The Morgan fingerprint density at radius 1 is 1.21 bits per heavy atom. The summed E-state index contributed by atoms with van der Waals surface area (Å²) in [5.74, 6) is 0.510. The number of benzene rings is 1. The van der Waals surface area contributed by atoms with Crippen LogP contribution in [0.3, 0.4) is 0 Å². The topological polar surface area (TPSA) is 61.0 Å². The first-order valence-electron chi connectivity index (χ1n) is 6.14. The fourth-order valence-corrected chi connectivity index (χ4v) is 1.63. The van der Waals surface area contributed by atoms with Crippen LogP contribution in [-0.2, 0) is 0 Å². The van der Waals surface area contributed by atoms with E-state index in [0.29, 0.717) is 12.4 Å². The molecule has 1 heterocycles. The molecule has 1 aromatic heterocycles. The predicted octanol–water partition coefficient (Wildman–Crippen LogP) is 2.96. The number of nitrogens with two attached hydrogens (primary N) is 1. The molecule has 2 N–H and O–H groups in total. The van der Waals surface area contributed by atoms with Gasteiger partial charge < -0.3 is 10.5 Å². The number of hydrogen-bond donors (Lipinski definition) is 1. The molecule has 0 radical (unpaired) electrons. The molecule has 0 aliphatic heterocycles. The molecular weight excluding hydrogens is 245 g/mol. The van der Waals surface area contributed by atoms with Gasteiger partial charge in [-0.2, -0.15) is 0 Å². The third kappa shape index (κ3) is 2.99. The van der Waals surface area contributed by atoms with E-state index in [2.05, 4.69) is 9.97 Å². The van der Waals surface area contributed by atoms with Gasteiger partial charge in [-0.25, -0.2) is 14.4 Å². The van der Waals surface area contributed by atoms with Gasteiger partial charge in [-0.15, -0.1) is 0 Å². The number of anilines is 1. The molecule has 0 saturated heterocycles. The van der Waals surface area contributed by atoms with Crippen LogP contribution in [0.5, 0.6) is 5.75 Å². The number of aryl methyl sites for hydroxylation is 1. The average molecular weight is 261 g/mol. The summed E-state index contributed by atoms with van der Waals surface area (Å²) >= 11 is 0. The molecular formula is C14H16FN3O. The fourth-order valence-electron chi connectivity index (χ4n) is 1.63. The van der Waals surface area contributed by atoms with E-state index in [1.54, 1.807) is 6.92 Å². The van der Waals surface area contributed by atoms with Crippen molar-refractivity contribution in [3.05, 3.63) is 35.8 Å². The van der Waals surface area contributed by atoms with Gasteiger partial charge >= 0.3 is 0 Å². The lowest BCUT2D eigenvalue weighted by atomic mass is 10.2. The van der Waals surface area contributed by atoms with Gasteiger partial charge in [-0.05, 0) is 37.6 Å². The van der Waals surface area contributed by atoms with Crippen molar-refractivity contribution in [2.75, 3.05) is 12.3 Å². The second kappa shape index (κ2) is 5.65. The third-order valence-corrected chi connectivity index (χ3v) is 2.63. The Bertz CT molecular complexity index is 546. The van der Waals surface area contributed by atoms with Gasteiger partial charge in [0.25, 0.3) is 0 Å². The molecule has 0 saturated carbocycles. The maximum absolute atomic E-state index is 13.4. The zero-order valence-corrected chi connectivity index (χ0v) is 11.0. The van der Waals surface area contributed by atoms with E-state index in [1.807, 2.05) is 31.2 Å². The minimum atomic E-state index is -0.563. The standard InChI is InChI=1S/C14H16FN3O/c1-3-8-19-11-6-4-10(5-7-11)14-17-9(2)12(15)13(16)18-14/h4-7H,3,8H2,1-2H3,(H2,16,17,18). The summed E-state index contributed by atoms with van der Waals surface area (Å²) in [4.78, 5) is 8.04. The summed E-state index contributed by atoms with van der Waals surface area (Å²) < 4.78 is 18.8. The number of nitrogen functional groups attached to an aromatic ring is 1. The van der Waals surface area contributed by atoms with Crippen molar-refractivity contribution in [2.45, 2.75) is 20.3 Å². The van der Waals surface area contributed by atoms with E-state index in [1.165, 1.54) is 0 Å². The zero-order valence-electron chi connectivity index (χ0n) is 11.0. The highest BCUT2D eigenvalue weighted by molar-refractivity contribution is 5.58. The van der Waals surface area contributed by atoms with Gasteiger partial charge in [-0.1, -0.05) is 6.92 Å². The summed E-state index contributed by atoms with van der Waals surface area (Å²) in [5.41, 5.74) is 6.52. The smallest absolute Gasteiger partial charge is 0.186 e. The lowest BCUT2D eigenvalue weighted by Crippen LogP contribution is -2.03. The molecule has 2 aromatic rings. The number of hydrogen-bond acceptors (Lipinski definition) is 4. The Kier molecular flexibility index (Phi) is 3.94. The van der Waals surface area contributed by atoms with Crippen LogP contribution in [0.15, 0.2) is 24.3 Å². The summed E-state index contributed by atoms with van der Waals surface area (Å²) in [6, 6.07) is 7.33. The average Bonchev–Trinajstić information content (AvgIpc) is 2.42. The van der Waals surface area contributed by atoms with Gasteiger partial charge in [-0.3, -0.25) is 0 Å². The molecule has 4 nitrogen and oxygen atoms in total. The molecule has 0 bridgehead atoms. The van der Waals surface area contributed by atoms with Crippen LogP contribution in [-0.4, -0.2) is 16.6 Å². The van der Waals surface area contributed by atoms with Crippen molar-refractivity contribution in [3.8, 4) is 17.1 Å². The molecule has 0 spiro atoms. The van der Waals surface area contributed by atoms with Gasteiger partial charge in [0.05, 0.1) is 12.3 Å². The molecule has 0 fully saturated rings. The van der Waals surface area contributed by atoms with E-state index in [-0.39, 0.29) is 11.5 Å². The number of halogens is 1. The minimum Gasteiger partial charge on any atom is -0.494 e. The molecule has 0 unspecified atom stereocenters. The molecule has 19 heavy (non-hydrogen) atoms. The van der Waals surface area contributed by atoms with Crippen molar-refractivity contribution in [3.63, 3.8) is 0 Å². The Labute approximate surface area is 111 Å². The van der Waals surface area contributed by atoms with Crippen LogP contribution in [0.4, 0.5) is 10.2 Å². The number of ether oxygens (including phenoxy) is 1. The van der Waals surface area contributed by atoms with Gasteiger partial charge in [0, 0.05) is 5.56 Å². The first-order valence-corrected chi connectivity index (χ1v) is 6.14. The molecule has 100 valence electrons. The van der Waals surface area contributed by atoms with E-state index in [4.69, 9.17) is 10.5 Å². The maximum atomic E-state index is 13.4. The molecule has 0 aliphatic carbocycles. The third-order valence-electron chi connectivity index (χ3n) is 2.63. The fraction of sp³-hybridized carbons (Fsp3) is 0.286. The van der Waals surface area contributed by atoms with Gasteiger partial charge in [0.1, 0.15) is 5.75 Å². The Morgan fingerprint density at radius 3 is 2.47 bits per heavy atom. The number of nitrogens with zero attached hydrogens (tertiary/aromatic N) is 2. The van der Waals surface area contributed by atoms with Crippen LogP contribution in [0.2, 0.25) is 0 Å². The second-order valence-corrected chi connectivity index (χ2v) is 4.20. The first-order chi connectivity index (χ1) is 9.11. The summed E-state index contributed by atoms with van der Waals surface area (Å²) in [7, 11) is 0. The lowest BCUT2D eigenvalue weighted by molar-refractivity contribution is 0.317. The van der Waals surface area contributed by atoms with Crippen molar-refractivity contribution >= 4 is 5.82 Å². The van der Waals surface area contributed by atoms with E-state index in [0.717, 1.165) is 17.7 Å². The van der Waals surface area contributed by atoms with Crippen LogP contribution in [0.25, 0.3) is 11.4 Å². The Balaban J connectivity index is 2.27. The van der Waals surface area contributed by atoms with Crippen molar-refractivity contribution < 1.29 is 9.13 Å². The largest absolute Gasteiger partial charge is 0.494 e. The predicted molar refractivity (Wildman–Crippen MR) is 72.4 cm³/mol. The van der Waals surface area contributed by atoms with Crippen molar-refractivity contribution in [1.82, 2.24) is 9.97 Å². The van der Waals surface area contributed by atoms with Gasteiger partial charge in [0.2, 0.25) is 0 Å². The molecule has 0 atom stereocenters. The van der Waals surface area contributed by atoms with Crippen molar-refractivity contribution in [1.29, 1.82) is 0 Å². The van der Waals surface area contributed by atoms with Crippen LogP contribution >= 0.6 is 0 Å². The quantitative estimate of drug-likeness (QED) is 0.919. The van der Waals surface area contributed by atoms with E-state index >= 15 is 0 Å². The first kappa shape index (κ1) is 13.3. The Morgan fingerprint density at radius 2 is 1.89 bits per heavy atom. The lowest BCUT2D eigenvalue weighted by Gasteiger charge is -2.07. The van der Waals surface area contributed by atoms with E-state index < -0.39 is 5.82 Å². The second-order valence-electron chi connectivity index (χ2n) is 4.20. The van der Waals surface area contributed by atoms with Crippen LogP contribution in [0.1, 0.15) is 19.0 Å². The van der Waals surface area contributed by atoms with Gasteiger partial charge in [0.15, 0.2) is 17.5 Å². The van der Waals surface area contributed by atoms with Crippen LogP contribution in [0, 0.1) is 12.7 Å².